The Morgan fingerprint density at radius 1 is 1.22 bits per heavy atom. The Morgan fingerprint density at radius 3 is 2.74 bits per heavy atom. The predicted molar refractivity (Wildman–Crippen MR) is 91.3 cm³/mol. The molecular weight excluding hydrogens is 312 g/mol. The fraction of sp³-hybridized carbons (Fsp3) is 0.188. The average Bonchev–Trinajstić information content (AvgIpc) is 2.94. The topological polar surface area (TPSA) is 72.9 Å². The highest BCUT2D eigenvalue weighted by Crippen LogP contribution is 2.17. The number of halogens is 1. The summed E-state index contributed by atoms with van der Waals surface area (Å²) in [7, 11) is 1.92. The molecule has 1 aromatic carbocycles. The van der Waals surface area contributed by atoms with Crippen LogP contribution in [0.25, 0.3) is 0 Å². The van der Waals surface area contributed by atoms with Crippen LogP contribution in [-0.4, -0.2) is 26.6 Å². The van der Waals surface area contributed by atoms with Gasteiger partial charge in [0, 0.05) is 32.1 Å². The first-order chi connectivity index (χ1) is 11.1. The van der Waals surface area contributed by atoms with Gasteiger partial charge in [0.15, 0.2) is 0 Å². The van der Waals surface area contributed by atoms with E-state index in [1.54, 1.807) is 12.3 Å². The van der Waals surface area contributed by atoms with E-state index in [4.69, 9.17) is 17.3 Å². The molecule has 118 valence electrons. The number of imidazole rings is 1. The lowest BCUT2D eigenvalue weighted by Crippen LogP contribution is -2.21. The highest BCUT2D eigenvalue weighted by Gasteiger charge is 2.10. The van der Waals surface area contributed by atoms with Gasteiger partial charge in [-0.2, -0.15) is 4.98 Å². The second-order valence-electron chi connectivity index (χ2n) is 5.22. The number of hydrogen-bond acceptors (Lipinski definition) is 5. The fourth-order valence-corrected chi connectivity index (χ4v) is 2.51. The summed E-state index contributed by atoms with van der Waals surface area (Å²) < 4.78 is 2.11. The van der Waals surface area contributed by atoms with Crippen molar-refractivity contribution >= 4 is 23.4 Å². The van der Waals surface area contributed by atoms with Gasteiger partial charge >= 0.3 is 0 Å². The van der Waals surface area contributed by atoms with Crippen molar-refractivity contribution in [2.45, 2.75) is 13.1 Å². The standard InChI is InChI=1S/C16H17ClN6/c1-22(14-9-13(17)20-16(18)21-14)11-15-19-7-8-23(15)10-12-5-3-2-4-6-12/h2-9H,10-11H2,1H3,(H2,18,20,21). The van der Waals surface area contributed by atoms with Crippen LogP contribution < -0.4 is 10.6 Å². The summed E-state index contributed by atoms with van der Waals surface area (Å²) in [5.41, 5.74) is 6.87. The second-order valence-corrected chi connectivity index (χ2v) is 5.61. The number of nitrogens with zero attached hydrogens (tertiary/aromatic N) is 5. The third-order valence-corrected chi connectivity index (χ3v) is 3.66. The Kier molecular flexibility index (Phi) is 4.43. The molecule has 0 aliphatic heterocycles. The summed E-state index contributed by atoms with van der Waals surface area (Å²) in [4.78, 5) is 14.4. The molecule has 7 heteroatoms. The highest BCUT2D eigenvalue weighted by atomic mass is 35.5. The maximum atomic E-state index is 5.94. The molecule has 2 aromatic heterocycles. The predicted octanol–water partition coefficient (Wildman–Crippen LogP) is 2.59. The van der Waals surface area contributed by atoms with E-state index in [0.717, 1.165) is 12.4 Å². The summed E-state index contributed by atoms with van der Waals surface area (Å²) >= 11 is 5.94. The highest BCUT2D eigenvalue weighted by molar-refractivity contribution is 6.29. The average molecular weight is 329 g/mol. The van der Waals surface area contributed by atoms with Crippen molar-refractivity contribution in [3.63, 3.8) is 0 Å². The van der Waals surface area contributed by atoms with Crippen LogP contribution in [0, 0.1) is 0 Å². The molecule has 0 spiro atoms. The molecule has 23 heavy (non-hydrogen) atoms. The molecule has 0 atom stereocenters. The zero-order valence-corrected chi connectivity index (χ0v) is 13.5. The lowest BCUT2D eigenvalue weighted by Gasteiger charge is -2.19. The summed E-state index contributed by atoms with van der Waals surface area (Å²) in [6.45, 7) is 1.36. The first-order valence-electron chi connectivity index (χ1n) is 7.17. The molecule has 2 heterocycles. The fourth-order valence-electron chi connectivity index (χ4n) is 2.33. The van der Waals surface area contributed by atoms with E-state index in [1.807, 2.05) is 36.3 Å². The van der Waals surface area contributed by atoms with Crippen molar-refractivity contribution < 1.29 is 0 Å². The lowest BCUT2D eigenvalue weighted by molar-refractivity contribution is 0.704. The number of rotatable bonds is 5. The molecule has 3 aromatic rings. The monoisotopic (exact) mass is 328 g/mol. The van der Waals surface area contributed by atoms with Gasteiger partial charge < -0.3 is 15.2 Å². The Hall–Kier alpha value is -2.60. The molecule has 3 rings (SSSR count). The van der Waals surface area contributed by atoms with Crippen molar-refractivity contribution in [3.05, 3.63) is 65.3 Å². The first-order valence-corrected chi connectivity index (χ1v) is 7.55. The Morgan fingerprint density at radius 2 is 2.00 bits per heavy atom. The molecule has 0 saturated carbocycles. The van der Waals surface area contributed by atoms with Gasteiger partial charge in [-0.3, -0.25) is 0 Å². The van der Waals surface area contributed by atoms with Crippen LogP contribution in [0.1, 0.15) is 11.4 Å². The maximum absolute atomic E-state index is 5.94. The smallest absolute Gasteiger partial charge is 0.223 e. The quantitative estimate of drug-likeness (QED) is 0.729. The third kappa shape index (κ3) is 3.78. The van der Waals surface area contributed by atoms with Gasteiger partial charge in [0.2, 0.25) is 5.95 Å². The zero-order chi connectivity index (χ0) is 16.2. The molecule has 0 saturated heterocycles. The van der Waals surface area contributed by atoms with E-state index in [-0.39, 0.29) is 5.95 Å². The Bertz CT molecular complexity index is 766. The first kappa shape index (κ1) is 15.3. The number of aromatic nitrogens is 4. The largest absolute Gasteiger partial charge is 0.368 e. The van der Waals surface area contributed by atoms with Gasteiger partial charge in [-0.1, -0.05) is 41.9 Å². The van der Waals surface area contributed by atoms with E-state index in [1.165, 1.54) is 5.56 Å². The number of nitrogens with two attached hydrogens (primary N) is 1. The molecule has 6 nitrogen and oxygen atoms in total. The van der Waals surface area contributed by atoms with Crippen LogP contribution in [0.2, 0.25) is 5.15 Å². The molecule has 2 N–H and O–H groups in total. The molecule has 0 fully saturated rings. The molecule has 0 unspecified atom stereocenters. The Labute approximate surface area is 139 Å². The van der Waals surface area contributed by atoms with Crippen LogP contribution >= 0.6 is 11.6 Å². The van der Waals surface area contributed by atoms with E-state index in [9.17, 15) is 0 Å². The molecule has 0 amide bonds. The Balaban J connectivity index is 1.77. The number of benzene rings is 1. The van der Waals surface area contributed by atoms with Gasteiger partial charge in [0.25, 0.3) is 0 Å². The minimum atomic E-state index is 0.159. The summed E-state index contributed by atoms with van der Waals surface area (Å²) in [6.07, 6.45) is 3.77. The third-order valence-electron chi connectivity index (χ3n) is 3.47. The van der Waals surface area contributed by atoms with Gasteiger partial charge in [-0.15, -0.1) is 0 Å². The number of anilines is 2. The normalized spacial score (nSPS) is 10.7. The van der Waals surface area contributed by atoms with Crippen molar-refractivity contribution in [1.29, 1.82) is 0 Å². The SMILES string of the molecule is CN(Cc1nccn1Cc1ccccc1)c1cc(Cl)nc(N)n1. The number of hydrogen-bond donors (Lipinski definition) is 1. The van der Waals surface area contributed by atoms with Crippen molar-refractivity contribution in [1.82, 2.24) is 19.5 Å². The maximum Gasteiger partial charge on any atom is 0.223 e. The summed E-state index contributed by atoms with van der Waals surface area (Å²) in [5, 5.41) is 0.326. The van der Waals surface area contributed by atoms with Gasteiger partial charge in [0.05, 0.1) is 6.54 Å². The van der Waals surface area contributed by atoms with E-state index >= 15 is 0 Å². The van der Waals surface area contributed by atoms with Crippen molar-refractivity contribution in [3.8, 4) is 0 Å². The van der Waals surface area contributed by atoms with E-state index < -0.39 is 0 Å². The van der Waals surface area contributed by atoms with Gasteiger partial charge in [0.1, 0.15) is 16.8 Å². The molecule has 0 bridgehead atoms. The van der Waals surface area contributed by atoms with Crippen LogP contribution in [0.3, 0.4) is 0 Å². The van der Waals surface area contributed by atoms with Gasteiger partial charge in [-0.05, 0) is 5.56 Å². The summed E-state index contributed by atoms with van der Waals surface area (Å²) in [5.74, 6) is 1.76. The van der Waals surface area contributed by atoms with E-state index in [0.29, 0.717) is 17.5 Å². The zero-order valence-electron chi connectivity index (χ0n) is 12.7. The molecule has 0 aliphatic rings. The molecular formula is C16H17ClN6. The number of nitrogen functional groups attached to an aromatic ring is 1. The second kappa shape index (κ2) is 6.66. The van der Waals surface area contributed by atoms with Crippen LogP contribution in [-0.2, 0) is 13.1 Å². The van der Waals surface area contributed by atoms with Crippen molar-refractivity contribution in [2.75, 3.05) is 17.7 Å². The van der Waals surface area contributed by atoms with Gasteiger partial charge in [-0.25, -0.2) is 9.97 Å². The van der Waals surface area contributed by atoms with Crippen LogP contribution in [0.15, 0.2) is 48.8 Å². The van der Waals surface area contributed by atoms with Crippen molar-refractivity contribution in [2.24, 2.45) is 0 Å². The minimum absolute atomic E-state index is 0.159. The minimum Gasteiger partial charge on any atom is -0.368 e. The molecule has 0 aliphatic carbocycles. The summed E-state index contributed by atoms with van der Waals surface area (Å²) in [6, 6.07) is 11.9. The molecule has 0 radical (unpaired) electrons. The van der Waals surface area contributed by atoms with Crippen LogP contribution in [0.5, 0.6) is 0 Å². The lowest BCUT2D eigenvalue weighted by atomic mass is 10.2. The van der Waals surface area contributed by atoms with E-state index in [2.05, 4.69) is 31.7 Å². The van der Waals surface area contributed by atoms with Crippen LogP contribution in [0.4, 0.5) is 11.8 Å².